The summed E-state index contributed by atoms with van der Waals surface area (Å²) in [4.78, 5) is 36.6. The van der Waals surface area contributed by atoms with Crippen LogP contribution in [0.1, 0.15) is 43.1 Å². The maximum Gasteiger partial charge on any atom is 0.410 e. The second-order valence-corrected chi connectivity index (χ2v) is 10.1. The van der Waals surface area contributed by atoms with Crippen molar-refractivity contribution in [3.8, 4) is 0 Å². The first-order valence-corrected chi connectivity index (χ1v) is 12.4. The zero-order valence-corrected chi connectivity index (χ0v) is 21.3. The highest BCUT2D eigenvalue weighted by Gasteiger charge is 2.32. The van der Waals surface area contributed by atoms with Crippen LogP contribution in [0.3, 0.4) is 0 Å². The van der Waals surface area contributed by atoms with Gasteiger partial charge in [-0.2, -0.15) is 0 Å². The molecule has 0 aliphatic carbocycles. The van der Waals surface area contributed by atoms with Gasteiger partial charge in [0.25, 0.3) is 5.91 Å². The minimum atomic E-state index is -0.519. The molecule has 190 valence electrons. The number of nitrogens with one attached hydrogen (secondary N) is 2. The monoisotopic (exact) mass is 489 g/mol. The Kier molecular flexibility index (Phi) is 7.62. The molecule has 3 heterocycles. The normalized spacial score (nSPS) is 16.1. The fourth-order valence-electron chi connectivity index (χ4n) is 4.40. The van der Waals surface area contributed by atoms with Gasteiger partial charge in [-0.05, 0) is 63.4 Å². The molecular weight excluding hydrogens is 454 g/mol. The van der Waals surface area contributed by atoms with E-state index in [0.717, 1.165) is 41.8 Å². The molecule has 0 bridgehead atoms. The van der Waals surface area contributed by atoms with Gasteiger partial charge in [0.15, 0.2) is 0 Å². The maximum absolute atomic E-state index is 12.7. The Morgan fingerprint density at radius 3 is 2.72 bits per heavy atom. The van der Waals surface area contributed by atoms with Crippen molar-refractivity contribution >= 4 is 28.7 Å². The number of H-pyrrole nitrogens is 1. The van der Waals surface area contributed by atoms with E-state index in [4.69, 9.17) is 4.74 Å². The van der Waals surface area contributed by atoms with Crippen molar-refractivity contribution in [1.82, 2.24) is 20.2 Å². The van der Waals surface area contributed by atoms with Gasteiger partial charge >= 0.3 is 6.09 Å². The third-order valence-electron chi connectivity index (χ3n) is 6.21. The summed E-state index contributed by atoms with van der Waals surface area (Å²) < 4.78 is 5.61. The van der Waals surface area contributed by atoms with Gasteiger partial charge in [0.1, 0.15) is 11.2 Å². The molecule has 1 aliphatic rings. The first-order valence-electron chi connectivity index (χ1n) is 12.4. The Balaban J connectivity index is 1.30. The molecule has 1 atom stereocenters. The number of ether oxygens (including phenoxy) is 1. The van der Waals surface area contributed by atoms with Crippen LogP contribution in [0.5, 0.6) is 0 Å². The number of carbonyl (C=O) groups excluding carboxylic acids is 2. The lowest BCUT2D eigenvalue weighted by Gasteiger charge is -2.42. The number of hydrogen-bond donors (Lipinski definition) is 2. The average molecular weight is 490 g/mol. The van der Waals surface area contributed by atoms with Crippen LogP contribution in [-0.4, -0.2) is 64.7 Å². The molecule has 2 N–H and O–H groups in total. The van der Waals surface area contributed by atoms with Crippen LogP contribution in [-0.2, 0) is 11.2 Å². The SMILES string of the molecule is C=CC[C@@H]1CN(c2ccc(CCNC(=O)c3cnc4[nH]ccc4c3)cc2)CCN1C(=O)OC(C)(C)C. The Morgan fingerprint density at radius 1 is 1.22 bits per heavy atom. The average Bonchev–Trinajstić information content (AvgIpc) is 3.31. The lowest BCUT2D eigenvalue weighted by Crippen LogP contribution is -2.56. The molecule has 8 heteroatoms. The summed E-state index contributed by atoms with van der Waals surface area (Å²) in [5.41, 5.74) is 3.07. The number of benzene rings is 1. The largest absolute Gasteiger partial charge is 0.444 e. The minimum absolute atomic E-state index is 0.0148. The van der Waals surface area contributed by atoms with Crippen molar-refractivity contribution in [2.24, 2.45) is 0 Å². The summed E-state index contributed by atoms with van der Waals surface area (Å²) in [7, 11) is 0. The van der Waals surface area contributed by atoms with Crippen LogP contribution in [0.4, 0.5) is 10.5 Å². The Morgan fingerprint density at radius 2 is 2.00 bits per heavy atom. The maximum atomic E-state index is 12.7. The summed E-state index contributed by atoms with van der Waals surface area (Å²) in [6.45, 7) is 12.1. The molecule has 3 aromatic rings. The van der Waals surface area contributed by atoms with Gasteiger partial charge in [-0.3, -0.25) is 4.79 Å². The molecule has 1 aliphatic heterocycles. The molecule has 0 radical (unpaired) electrons. The predicted molar refractivity (Wildman–Crippen MR) is 142 cm³/mol. The van der Waals surface area contributed by atoms with Gasteiger partial charge in [0, 0.05) is 49.6 Å². The number of aromatic amines is 1. The van der Waals surface area contributed by atoms with Gasteiger partial charge in [-0.25, -0.2) is 9.78 Å². The van der Waals surface area contributed by atoms with Crippen molar-refractivity contribution in [1.29, 1.82) is 0 Å². The highest BCUT2D eigenvalue weighted by Crippen LogP contribution is 2.23. The summed E-state index contributed by atoms with van der Waals surface area (Å²) in [6, 6.07) is 12.2. The van der Waals surface area contributed by atoms with Gasteiger partial charge in [-0.15, -0.1) is 6.58 Å². The standard InChI is InChI=1S/C28H35N5O3/c1-5-6-24-19-32(15-16-33(24)27(35)36-28(2,3)4)23-9-7-20(8-10-23)11-13-30-26(34)22-17-21-12-14-29-25(21)31-18-22/h5,7-10,12,14,17-18,24H,1,6,11,13,15-16,19H2,2-4H3,(H,29,31)(H,30,34)/t24-/m1/s1. The van der Waals surface area contributed by atoms with Crippen molar-refractivity contribution in [2.75, 3.05) is 31.1 Å². The van der Waals surface area contributed by atoms with Crippen molar-refractivity contribution in [3.05, 3.63) is 72.6 Å². The van der Waals surface area contributed by atoms with Crippen LogP contribution >= 0.6 is 0 Å². The number of fused-ring (bicyclic) bond motifs is 1. The van der Waals surface area contributed by atoms with Crippen molar-refractivity contribution in [3.63, 3.8) is 0 Å². The van der Waals surface area contributed by atoms with Gasteiger partial charge < -0.3 is 24.8 Å². The summed E-state index contributed by atoms with van der Waals surface area (Å²) in [5, 5.41) is 3.89. The van der Waals surface area contributed by atoms with E-state index in [9.17, 15) is 9.59 Å². The van der Waals surface area contributed by atoms with E-state index in [1.54, 1.807) is 6.20 Å². The second-order valence-electron chi connectivity index (χ2n) is 10.1. The number of rotatable bonds is 7. The van der Waals surface area contributed by atoms with E-state index in [-0.39, 0.29) is 18.0 Å². The van der Waals surface area contributed by atoms with Gasteiger partial charge in [-0.1, -0.05) is 18.2 Å². The molecular formula is C28H35N5O3. The van der Waals surface area contributed by atoms with Crippen molar-refractivity contribution < 1.29 is 14.3 Å². The van der Waals surface area contributed by atoms with Crippen LogP contribution in [0.2, 0.25) is 0 Å². The minimum Gasteiger partial charge on any atom is -0.444 e. The molecule has 2 amide bonds. The Labute approximate surface area is 212 Å². The van der Waals surface area contributed by atoms with Crippen molar-refractivity contribution in [2.45, 2.75) is 45.3 Å². The fraction of sp³-hybridized carbons (Fsp3) is 0.393. The third kappa shape index (κ3) is 6.24. The van der Waals surface area contributed by atoms with E-state index < -0.39 is 5.60 Å². The Hall–Kier alpha value is -3.81. The lowest BCUT2D eigenvalue weighted by molar-refractivity contribution is 0.0143. The first kappa shape index (κ1) is 25.3. The highest BCUT2D eigenvalue weighted by atomic mass is 16.6. The molecule has 0 spiro atoms. The number of hydrogen-bond acceptors (Lipinski definition) is 5. The number of piperazine rings is 1. The second kappa shape index (κ2) is 10.8. The van der Waals surface area contributed by atoms with E-state index in [0.29, 0.717) is 25.1 Å². The summed E-state index contributed by atoms with van der Waals surface area (Å²) in [5.74, 6) is -0.127. The molecule has 4 rings (SSSR count). The molecule has 1 saturated heterocycles. The van der Waals surface area contributed by atoms with Crippen LogP contribution < -0.4 is 10.2 Å². The quantitative estimate of drug-likeness (QED) is 0.476. The van der Waals surface area contributed by atoms with Crippen LogP contribution in [0, 0.1) is 0 Å². The number of pyridine rings is 1. The molecule has 2 aromatic heterocycles. The van der Waals surface area contributed by atoms with E-state index >= 15 is 0 Å². The Bertz CT molecular complexity index is 1210. The van der Waals surface area contributed by atoms with E-state index in [1.807, 2.05) is 50.1 Å². The van der Waals surface area contributed by atoms with Gasteiger partial charge in [0.05, 0.1) is 11.6 Å². The summed E-state index contributed by atoms with van der Waals surface area (Å²) >= 11 is 0. The number of aromatic nitrogens is 2. The first-order chi connectivity index (χ1) is 17.2. The molecule has 0 unspecified atom stereocenters. The van der Waals surface area contributed by atoms with Crippen LogP contribution in [0.25, 0.3) is 11.0 Å². The highest BCUT2D eigenvalue weighted by molar-refractivity contribution is 5.96. The number of anilines is 1. The molecule has 36 heavy (non-hydrogen) atoms. The topological polar surface area (TPSA) is 90.6 Å². The molecule has 8 nitrogen and oxygen atoms in total. The lowest BCUT2D eigenvalue weighted by atomic mass is 10.1. The summed E-state index contributed by atoms with van der Waals surface area (Å²) in [6.07, 6.45) is 6.43. The van der Waals surface area contributed by atoms with E-state index in [1.165, 1.54) is 0 Å². The van der Waals surface area contributed by atoms with Crippen LogP contribution in [0.15, 0.2) is 61.4 Å². The number of nitrogens with zero attached hydrogens (tertiary/aromatic N) is 3. The smallest absolute Gasteiger partial charge is 0.410 e. The fourth-order valence-corrected chi connectivity index (χ4v) is 4.40. The third-order valence-corrected chi connectivity index (χ3v) is 6.21. The number of amides is 2. The molecule has 1 fully saturated rings. The number of carbonyl (C=O) groups is 2. The van der Waals surface area contributed by atoms with Gasteiger partial charge in [0.2, 0.25) is 0 Å². The zero-order chi connectivity index (χ0) is 25.7. The zero-order valence-electron chi connectivity index (χ0n) is 21.3. The van der Waals surface area contributed by atoms with E-state index in [2.05, 4.69) is 51.0 Å². The molecule has 0 saturated carbocycles. The molecule has 1 aromatic carbocycles. The predicted octanol–water partition coefficient (Wildman–Crippen LogP) is 4.54.